The molecule has 1 aliphatic carbocycles. The molecule has 0 radical (unpaired) electrons. The van der Waals surface area contributed by atoms with Gasteiger partial charge >= 0.3 is 0 Å². The molecule has 5 heteroatoms. The fourth-order valence-corrected chi connectivity index (χ4v) is 2.65. The predicted octanol–water partition coefficient (Wildman–Crippen LogP) is 2.30. The van der Waals surface area contributed by atoms with Crippen LogP contribution in [0.2, 0.25) is 0 Å². The fourth-order valence-electron chi connectivity index (χ4n) is 2.65. The van der Waals surface area contributed by atoms with Crippen molar-refractivity contribution in [1.29, 1.82) is 0 Å². The second-order valence-corrected chi connectivity index (χ2v) is 4.73. The van der Waals surface area contributed by atoms with Gasteiger partial charge in [0.05, 0.1) is 17.6 Å². The highest BCUT2D eigenvalue weighted by Gasteiger charge is 2.18. The monoisotopic (exact) mass is 231 g/mol. The lowest BCUT2D eigenvalue weighted by Gasteiger charge is -2.15. The van der Waals surface area contributed by atoms with Gasteiger partial charge in [-0.15, -0.1) is 0 Å². The van der Waals surface area contributed by atoms with Crippen molar-refractivity contribution < 1.29 is 0 Å². The molecule has 3 rings (SSSR count). The third-order valence-electron chi connectivity index (χ3n) is 3.59. The first kappa shape index (κ1) is 10.5. The van der Waals surface area contributed by atoms with Crippen molar-refractivity contribution in [2.24, 2.45) is 0 Å². The summed E-state index contributed by atoms with van der Waals surface area (Å²) in [5.74, 6) is 0.523. The van der Waals surface area contributed by atoms with E-state index in [0.29, 0.717) is 11.9 Å². The van der Waals surface area contributed by atoms with Gasteiger partial charge in [-0.2, -0.15) is 5.10 Å². The van der Waals surface area contributed by atoms with Gasteiger partial charge in [0.2, 0.25) is 0 Å². The third kappa shape index (κ3) is 1.85. The molecule has 17 heavy (non-hydrogen) atoms. The zero-order chi connectivity index (χ0) is 11.7. The Morgan fingerprint density at radius 3 is 2.65 bits per heavy atom. The molecule has 5 nitrogen and oxygen atoms in total. The quantitative estimate of drug-likeness (QED) is 0.764. The van der Waals surface area contributed by atoms with Gasteiger partial charge in [0, 0.05) is 0 Å². The summed E-state index contributed by atoms with van der Waals surface area (Å²) >= 11 is 0. The Morgan fingerprint density at radius 2 is 1.88 bits per heavy atom. The van der Waals surface area contributed by atoms with E-state index in [9.17, 15) is 0 Å². The normalized spacial score (nSPS) is 18.4. The molecule has 2 N–H and O–H groups in total. The van der Waals surface area contributed by atoms with E-state index in [1.807, 2.05) is 4.68 Å². The lowest BCUT2D eigenvalue weighted by Crippen LogP contribution is -2.10. The van der Waals surface area contributed by atoms with Gasteiger partial charge in [-0.25, -0.2) is 14.6 Å². The van der Waals surface area contributed by atoms with E-state index < -0.39 is 0 Å². The number of aromatic nitrogens is 4. The van der Waals surface area contributed by atoms with Crippen LogP contribution >= 0.6 is 0 Å². The summed E-state index contributed by atoms with van der Waals surface area (Å²) in [4.78, 5) is 8.31. The number of anilines is 1. The summed E-state index contributed by atoms with van der Waals surface area (Å²) in [5, 5.41) is 5.33. The van der Waals surface area contributed by atoms with E-state index in [1.54, 1.807) is 6.20 Å². The van der Waals surface area contributed by atoms with Crippen LogP contribution in [0.15, 0.2) is 12.5 Å². The molecule has 0 aliphatic heterocycles. The van der Waals surface area contributed by atoms with Crippen LogP contribution in [0.25, 0.3) is 11.0 Å². The Kier molecular flexibility index (Phi) is 2.66. The standard InChI is InChI=1S/C12H17N5/c13-11-10-7-16-17(12(10)15-8-14-11)9-5-3-1-2-4-6-9/h7-9H,1-6H2,(H2,13,14,15). The molecule has 1 fully saturated rings. The average Bonchev–Trinajstić information content (AvgIpc) is 2.59. The highest BCUT2D eigenvalue weighted by atomic mass is 15.3. The van der Waals surface area contributed by atoms with Gasteiger partial charge < -0.3 is 5.73 Å². The van der Waals surface area contributed by atoms with E-state index >= 15 is 0 Å². The van der Waals surface area contributed by atoms with Crippen molar-refractivity contribution >= 4 is 16.9 Å². The summed E-state index contributed by atoms with van der Waals surface area (Å²) in [6.07, 6.45) is 10.9. The molecular weight excluding hydrogens is 214 g/mol. The number of nitrogens with two attached hydrogens (primary N) is 1. The minimum atomic E-state index is 0.476. The molecule has 2 aromatic rings. The molecule has 0 amide bonds. The molecule has 90 valence electrons. The maximum Gasteiger partial charge on any atom is 0.163 e. The van der Waals surface area contributed by atoms with Crippen molar-refractivity contribution in [3.8, 4) is 0 Å². The zero-order valence-electron chi connectivity index (χ0n) is 9.84. The molecule has 1 saturated carbocycles. The summed E-state index contributed by atoms with van der Waals surface area (Å²) in [7, 11) is 0. The summed E-state index contributed by atoms with van der Waals surface area (Å²) in [6, 6.07) is 0.476. The van der Waals surface area contributed by atoms with Crippen molar-refractivity contribution in [3.63, 3.8) is 0 Å². The Balaban J connectivity index is 2.02. The van der Waals surface area contributed by atoms with Gasteiger partial charge in [0.1, 0.15) is 12.1 Å². The first-order valence-electron chi connectivity index (χ1n) is 6.30. The molecule has 2 aromatic heterocycles. The summed E-state index contributed by atoms with van der Waals surface area (Å²) in [5.41, 5.74) is 6.70. The molecule has 0 bridgehead atoms. The lowest BCUT2D eigenvalue weighted by molar-refractivity contribution is 0.415. The maximum atomic E-state index is 5.83. The molecule has 0 unspecified atom stereocenters. The largest absolute Gasteiger partial charge is 0.383 e. The van der Waals surface area contributed by atoms with Crippen LogP contribution in [0.4, 0.5) is 5.82 Å². The minimum Gasteiger partial charge on any atom is -0.383 e. The smallest absolute Gasteiger partial charge is 0.163 e. The average molecular weight is 231 g/mol. The second-order valence-electron chi connectivity index (χ2n) is 4.73. The van der Waals surface area contributed by atoms with Crippen molar-refractivity contribution in [1.82, 2.24) is 19.7 Å². The van der Waals surface area contributed by atoms with Crippen LogP contribution in [-0.4, -0.2) is 19.7 Å². The number of rotatable bonds is 1. The van der Waals surface area contributed by atoms with Crippen molar-refractivity contribution in [2.45, 2.75) is 44.6 Å². The van der Waals surface area contributed by atoms with E-state index in [-0.39, 0.29) is 0 Å². The molecule has 0 aromatic carbocycles. The van der Waals surface area contributed by atoms with Gasteiger partial charge in [0.25, 0.3) is 0 Å². The molecule has 2 heterocycles. The van der Waals surface area contributed by atoms with E-state index in [1.165, 1.54) is 44.9 Å². The summed E-state index contributed by atoms with van der Waals surface area (Å²) < 4.78 is 2.04. The Morgan fingerprint density at radius 1 is 1.12 bits per heavy atom. The number of hydrogen-bond donors (Lipinski definition) is 1. The SMILES string of the molecule is Nc1ncnc2c1cnn2C1CCCCCC1. The molecule has 0 spiro atoms. The first-order chi connectivity index (χ1) is 8.36. The summed E-state index contributed by atoms with van der Waals surface area (Å²) in [6.45, 7) is 0. The van der Waals surface area contributed by atoms with Gasteiger partial charge in [0.15, 0.2) is 5.65 Å². The third-order valence-corrected chi connectivity index (χ3v) is 3.59. The predicted molar refractivity (Wildman–Crippen MR) is 66.5 cm³/mol. The number of fused-ring (bicyclic) bond motifs is 1. The number of nitrogen functional groups attached to an aromatic ring is 1. The second kappa shape index (κ2) is 4.31. The van der Waals surface area contributed by atoms with Crippen LogP contribution < -0.4 is 5.73 Å². The first-order valence-corrected chi connectivity index (χ1v) is 6.30. The Bertz CT molecular complexity index is 511. The molecule has 0 atom stereocenters. The Labute approximate surface area is 100 Å². The van der Waals surface area contributed by atoms with Crippen LogP contribution in [0.3, 0.4) is 0 Å². The number of hydrogen-bond acceptors (Lipinski definition) is 4. The lowest BCUT2D eigenvalue weighted by atomic mass is 10.1. The fraction of sp³-hybridized carbons (Fsp3) is 0.583. The highest BCUT2D eigenvalue weighted by molar-refractivity contribution is 5.84. The maximum absolute atomic E-state index is 5.83. The van der Waals surface area contributed by atoms with Crippen LogP contribution in [-0.2, 0) is 0 Å². The van der Waals surface area contributed by atoms with E-state index in [2.05, 4.69) is 15.1 Å². The van der Waals surface area contributed by atoms with Crippen LogP contribution in [0, 0.1) is 0 Å². The van der Waals surface area contributed by atoms with Crippen molar-refractivity contribution in [3.05, 3.63) is 12.5 Å². The molecule has 1 aliphatic rings. The zero-order valence-corrected chi connectivity index (χ0v) is 9.84. The van der Waals surface area contributed by atoms with Gasteiger partial charge in [-0.1, -0.05) is 25.7 Å². The van der Waals surface area contributed by atoms with Gasteiger partial charge in [-0.3, -0.25) is 0 Å². The molecule has 0 saturated heterocycles. The molecular formula is C12H17N5. The van der Waals surface area contributed by atoms with Gasteiger partial charge in [-0.05, 0) is 12.8 Å². The van der Waals surface area contributed by atoms with E-state index in [4.69, 9.17) is 5.73 Å². The van der Waals surface area contributed by atoms with Crippen molar-refractivity contribution in [2.75, 3.05) is 5.73 Å². The Hall–Kier alpha value is -1.65. The van der Waals surface area contributed by atoms with E-state index in [0.717, 1.165) is 11.0 Å². The van der Waals surface area contributed by atoms with Crippen LogP contribution in [0.5, 0.6) is 0 Å². The highest BCUT2D eigenvalue weighted by Crippen LogP contribution is 2.29. The minimum absolute atomic E-state index is 0.476. The topological polar surface area (TPSA) is 69.6 Å². The number of nitrogens with zero attached hydrogens (tertiary/aromatic N) is 4. The van der Waals surface area contributed by atoms with Crippen LogP contribution in [0.1, 0.15) is 44.6 Å².